The Labute approximate surface area is 200 Å². The first-order valence-electron chi connectivity index (χ1n) is 10.5. The Morgan fingerprint density at radius 1 is 0.943 bits per heavy atom. The number of hydrogen-bond acceptors (Lipinski definition) is 7. The molecule has 3 rings (SSSR count). The van der Waals surface area contributed by atoms with E-state index in [1.165, 1.54) is 42.5 Å². The minimum Gasteiger partial charge on any atom is -0.415 e. The topological polar surface area (TPSA) is 140 Å². The number of nitrogens with zero attached hydrogens (tertiary/aromatic N) is 2. The third-order valence-corrected chi connectivity index (χ3v) is 4.73. The van der Waals surface area contributed by atoms with E-state index in [4.69, 9.17) is 4.74 Å². The summed E-state index contributed by atoms with van der Waals surface area (Å²) in [6, 6.07) is 18.3. The number of hydrazone groups is 1. The van der Waals surface area contributed by atoms with E-state index in [0.717, 1.165) is 6.21 Å². The lowest BCUT2D eigenvalue weighted by Crippen LogP contribution is -2.19. The van der Waals surface area contributed by atoms with E-state index in [0.29, 0.717) is 5.69 Å². The second-order valence-corrected chi connectivity index (χ2v) is 7.63. The number of esters is 1. The van der Waals surface area contributed by atoms with Crippen molar-refractivity contribution in [3.63, 3.8) is 0 Å². The summed E-state index contributed by atoms with van der Waals surface area (Å²) in [7, 11) is 0. The van der Waals surface area contributed by atoms with Crippen molar-refractivity contribution in [2.75, 3.05) is 5.32 Å². The van der Waals surface area contributed by atoms with Gasteiger partial charge in [-0.3, -0.25) is 19.7 Å². The maximum absolute atomic E-state index is 12.5. The second-order valence-electron chi connectivity index (χ2n) is 7.63. The van der Waals surface area contributed by atoms with Gasteiger partial charge in [0.1, 0.15) is 0 Å². The predicted octanol–water partition coefficient (Wildman–Crippen LogP) is 4.17. The third-order valence-electron chi connectivity index (χ3n) is 4.73. The summed E-state index contributed by atoms with van der Waals surface area (Å²) >= 11 is 0. The zero-order chi connectivity index (χ0) is 25.4. The SMILES string of the molecule is CC(C)C(=O)Nc1ccc(C(=O)N/N=C/c2cccc([N+](=O)[O-])c2OC(=O)c2ccccc2)cc1. The summed E-state index contributed by atoms with van der Waals surface area (Å²) in [6.45, 7) is 3.54. The molecule has 3 aromatic carbocycles. The van der Waals surface area contributed by atoms with E-state index in [2.05, 4.69) is 15.8 Å². The smallest absolute Gasteiger partial charge is 0.343 e. The first-order valence-corrected chi connectivity index (χ1v) is 10.5. The Kier molecular flexibility index (Phi) is 8.02. The van der Waals surface area contributed by atoms with Crippen LogP contribution in [0.15, 0.2) is 77.9 Å². The first kappa shape index (κ1) is 24.8. The van der Waals surface area contributed by atoms with Gasteiger partial charge in [-0.15, -0.1) is 0 Å². The summed E-state index contributed by atoms with van der Waals surface area (Å²) < 4.78 is 5.31. The summed E-state index contributed by atoms with van der Waals surface area (Å²) in [5.41, 5.74) is 3.05. The number of nitro groups is 1. The van der Waals surface area contributed by atoms with Crippen LogP contribution >= 0.6 is 0 Å². The highest BCUT2D eigenvalue weighted by Gasteiger charge is 2.22. The first-order chi connectivity index (χ1) is 16.8. The van der Waals surface area contributed by atoms with Crippen LogP contribution in [-0.2, 0) is 4.79 Å². The number of para-hydroxylation sites is 1. The summed E-state index contributed by atoms with van der Waals surface area (Å²) in [4.78, 5) is 47.4. The molecule has 0 fully saturated rings. The molecule has 0 heterocycles. The van der Waals surface area contributed by atoms with Crippen LogP contribution in [0.1, 0.15) is 40.1 Å². The van der Waals surface area contributed by atoms with Crippen LogP contribution in [-0.4, -0.2) is 28.9 Å². The fraction of sp³-hybridized carbons (Fsp3) is 0.120. The van der Waals surface area contributed by atoms with Gasteiger partial charge in [0.15, 0.2) is 0 Å². The Hall–Kier alpha value is -4.86. The molecule has 0 aliphatic rings. The van der Waals surface area contributed by atoms with E-state index >= 15 is 0 Å². The van der Waals surface area contributed by atoms with Crippen LogP contribution in [0.2, 0.25) is 0 Å². The lowest BCUT2D eigenvalue weighted by Gasteiger charge is -2.08. The van der Waals surface area contributed by atoms with Gasteiger partial charge >= 0.3 is 11.7 Å². The molecule has 2 amide bonds. The molecule has 0 atom stereocenters. The van der Waals surface area contributed by atoms with Crippen LogP contribution < -0.4 is 15.5 Å². The highest BCUT2D eigenvalue weighted by Crippen LogP contribution is 2.30. The Morgan fingerprint density at radius 3 is 2.26 bits per heavy atom. The number of hydrogen-bond donors (Lipinski definition) is 2. The summed E-state index contributed by atoms with van der Waals surface area (Å²) in [5, 5.41) is 18.0. The molecule has 0 aromatic heterocycles. The number of rotatable bonds is 8. The molecule has 0 saturated carbocycles. The van der Waals surface area contributed by atoms with Crippen LogP contribution in [0.4, 0.5) is 11.4 Å². The Balaban J connectivity index is 1.74. The van der Waals surface area contributed by atoms with E-state index < -0.39 is 22.5 Å². The molecule has 0 bridgehead atoms. The predicted molar refractivity (Wildman–Crippen MR) is 129 cm³/mol. The zero-order valence-electron chi connectivity index (χ0n) is 18.9. The third kappa shape index (κ3) is 6.57. The zero-order valence-corrected chi connectivity index (χ0v) is 18.9. The second kappa shape index (κ2) is 11.3. The molecule has 35 heavy (non-hydrogen) atoms. The van der Waals surface area contributed by atoms with Crippen molar-refractivity contribution in [3.8, 4) is 5.75 Å². The van der Waals surface area contributed by atoms with Gasteiger partial charge in [-0.1, -0.05) is 38.1 Å². The van der Waals surface area contributed by atoms with Crippen molar-refractivity contribution >= 4 is 35.4 Å². The van der Waals surface area contributed by atoms with Crippen LogP contribution in [0.25, 0.3) is 0 Å². The molecule has 10 nitrogen and oxygen atoms in total. The average molecular weight is 474 g/mol. The summed E-state index contributed by atoms with van der Waals surface area (Å²) in [6.07, 6.45) is 1.15. The number of nitro benzene ring substituents is 1. The highest BCUT2D eigenvalue weighted by atomic mass is 16.6. The van der Waals surface area contributed by atoms with Crippen molar-refractivity contribution in [2.45, 2.75) is 13.8 Å². The molecule has 0 unspecified atom stereocenters. The number of benzene rings is 3. The minimum atomic E-state index is -0.775. The average Bonchev–Trinajstić information content (AvgIpc) is 2.85. The van der Waals surface area contributed by atoms with E-state index in [-0.39, 0.29) is 34.3 Å². The van der Waals surface area contributed by atoms with E-state index in [1.807, 2.05) is 0 Å². The molecule has 178 valence electrons. The van der Waals surface area contributed by atoms with Crippen LogP contribution in [0.3, 0.4) is 0 Å². The lowest BCUT2D eigenvalue weighted by molar-refractivity contribution is -0.385. The van der Waals surface area contributed by atoms with Crippen molar-refractivity contribution in [3.05, 3.63) is 99.6 Å². The standard InChI is InChI=1S/C25H22N4O6/c1-16(2)23(30)27-20-13-11-17(12-14-20)24(31)28-26-15-19-9-6-10-21(29(33)34)22(19)35-25(32)18-7-4-3-5-8-18/h3-16H,1-2H3,(H,27,30)(H,28,31)/b26-15+. The van der Waals surface area contributed by atoms with Gasteiger partial charge in [-0.05, 0) is 42.5 Å². The molecule has 0 aliphatic carbocycles. The molecule has 2 N–H and O–H groups in total. The molecule has 0 spiro atoms. The number of carbonyl (C=O) groups excluding carboxylic acids is 3. The Morgan fingerprint density at radius 2 is 1.63 bits per heavy atom. The quantitative estimate of drug-likeness (QED) is 0.165. The monoisotopic (exact) mass is 474 g/mol. The maximum Gasteiger partial charge on any atom is 0.343 e. The number of nitrogens with one attached hydrogen (secondary N) is 2. The van der Waals surface area contributed by atoms with Crippen molar-refractivity contribution in [1.29, 1.82) is 0 Å². The highest BCUT2D eigenvalue weighted by molar-refractivity contribution is 5.97. The van der Waals surface area contributed by atoms with Gasteiger partial charge in [-0.25, -0.2) is 10.2 Å². The molecule has 0 aliphatic heterocycles. The van der Waals surface area contributed by atoms with Gasteiger partial charge < -0.3 is 10.1 Å². The molecular formula is C25H22N4O6. The molecule has 3 aromatic rings. The van der Waals surface area contributed by atoms with Gasteiger partial charge in [0.05, 0.1) is 16.7 Å². The number of amides is 2. The number of carbonyl (C=O) groups is 3. The molecule has 10 heteroatoms. The van der Waals surface area contributed by atoms with Gasteiger partial charge in [0, 0.05) is 28.8 Å². The largest absolute Gasteiger partial charge is 0.415 e. The Bertz CT molecular complexity index is 1270. The molecule has 0 saturated heterocycles. The molecule has 0 radical (unpaired) electrons. The number of anilines is 1. The minimum absolute atomic E-state index is 0.121. The van der Waals surface area contributed by atoms with Crippen molar-refractivity contribution < 1.29 is 24.0 Å². The normalized spacial score (nSPS) is 10.7. The molecular weight excluding hydrogens is 452 g/mol. The van der Waals surface area contributed by atoms with Crippen molar-refractivity contribution in [2.24, 2.45) is 11.0 Å². The van der Waals surface area contributed by atoms with Gasteiger partial charge in [-0.2, -0.15) is 5.10 Å². The number of ether oxygens (including phenoxy) is 1. The fourth-order valence-corrected chi connectivity index (χ4v) is 2.84. The van der Waals surface area contributed by atoms with Gasteiger partial charge in [0.2, 0.25) is 11.7 Å². The van der Waals surface area contributed by atoms with E-state index in [9.17, 15) is 24.5 Å². The van der Waals surface area contributed by atoms with Crippen LogP contribution in [0.5, 0.6) is 5.75 Å². The fourth-order valence-electron chi connectivity index (χ4n) is 2.84. The maximum atomic E-state index is 12.5. The summed E-state index contributed by atoms with van der Waals surface area (Å²) in [5.74, 6) is -1.94. The van der Waals surface area contributed by atoms with Gasteiger partial charge in [0.25, 0.3) is 5.91 Å². The van der Waals surface area contributed by atoms with Crippen LogP contribution in [0, 0.1) is 16.0 Å². The van der Waals surface area contributed by atoms with Crippen molar-refractivity contribution in [1.82, 2.24) is 5.43 Å². The van der Waals surface area contributed by atoms with E-state index in [1.54, 1.807) is 44.2 Å². The lowest BCUT2D eigenvalue weighted by atomic mass is 10.1.